The summed E-state index contributed by atoms with van der Waals surface area (Å²) in [4.78, 5) is 26.9. The lowest BCUT2D eigenvalue weighted by Gasteiger charge is -2.28. The van der Waals surface area contributed by atoms with Crippen molar-refractivity contribution in [3.8, 4) is 12.1 Å². The molecule has 2 N–H and O–H groups in total. The van der Waals surface area contributed by atoms with E-state index in [2.05, 4.69) is 16.9 Å². The van der Waals surface area contributed by atoms with Gasteiger partial charge in [0.15, 0.2) is 0 Å². The summed E-state index contributed by atoms with van der Waals surface area (Å²) in [6.07, 6.45) is 1.17. The minimum Gasteiger partial charge on any atom is -0.359 e. The SMILES string of the molecule is CCC(C(=O)NNC(=O)c1ccc(C#N)cc1)N1CCc2c1ccc(C#N)c2Cl. The molecule has 7 nitrogen and oxygen atoms in total. The molecule has 1 heterocycles. The number of nitrogens with one attached hydrogen (secondary N) is 2. The van der Waals surface area contributed by atoms with Gasteiger partial charge in [0.25, 0.3) is 11.8 Å². The van der Waals surface area contributed by atoms with Crippen molar-refractivity contribution in [2.24, 2.45) is 0 Å². The molecular weight excluding hydrogens is 390 g/mol. The standard InChI is InChI=1S/C21H18ClN5O2/c1-2-17(27-10-9-16-18(27)8-7-15(12-24)19(16)22)21(29)26-25-20(28)14-5-3-13(11-23)4-6-14/h3-8,17H,2,9-10H2,1H3,(H,25,28)(H,26,29). The van der Waals surface area contributed by atoms with Crippen LogP contribution in [0, 0.1) is 22.7 Å². The smallest absolute Gasteiger partial charge is 0.269 e. The van der Waals surface area contributed by atoms with Crippen LogP contribution in [0.3, 0.4) is 0 Å². The number of nitriles is 2. The van der Waals surface area contributed by atoms with Crippen LogP contribution >= 0.6 is 11.6 Å². The number of carbonyl (C=O) groups excluding carboxylic acids is 2. The molecule has 146 valence electrons. The third kappa shape index (κ3) is 4.01. The third-order valence-corrected chi connectivity index (χ3v) is 5.32. The molecule has 0 saturated heterocycles. The fraction of sp³-hybridized carbons (Fsp3) is 0.238. The van der Waals surface area contributed by atoms with Gasteiger partial charge in [-0.2, -0.15) is 10.5 Å². The lowest BCUT2D eigenvalue weighted by molar-refractivity contribution is -0.123. The van der Waals surface area contributed by atoms with Gasteiger partial charge in [-0.1, -0.05) is 18.5 Å². The van der Waals surface area contributed by atoms with Gasteiger partial charge < -0.3 is 4.90 Å². The van der Waals surface area contributed by atoms with E-state index in [4.69, 9.17) is 22.1 Å². The van der Waals surface area contributed by atoms with Gasteiger partial charge in [-0.15, -0.1) is 0 Å². The van der Waals surface area contributed by atoms with Crippen LogP contribution in [0.5, 0.6) is 0 Å². The van der Waals surface area contributed by atoms with E-state index in [0.29, 0.717) is 41.1 Å². The molecule has 0 aromatic heterocycles. The lowest BCUT2D eigenvalue weighted by Crippen LogP contribution is -2.52. The van der Waals surface area contributed by atoms with Crippen LogP contribution in [0.2, 0.25) is 5.02 Å². The molecule has 1 atom stereocenters. The summed E-state index contributed by atoms with van der Waals surface area (Å²) in [7, 11) is 0. The molecule has 1 aliphatic rings. The van der Waals surface area contributed by atoms with E-state index in [0.717, 1.165) is 11.3 Å². The van der Waals surface area contributed by atoms with Crippen LogP contribution in [0.1, 0.15) is 40.4 Å². The van der Waals surface area contributed by atoms with Crippen LogP contribution in [0.4, 0.5) is 5.69 Å². The molecule has 3 rings (SSSR count). The van der Waals surface area contributed by atoms with Crippen molar-refractivity contribution < 1.29 is 9.59 Å². The van der Waals surface area contributed by atoms with E-state index in [-0.39, 0.29) is 5.91 Å². The molecule has 0 fully saturated rings. The molecule has 0 spiro atoms. The number of hydrazine groups is 1. The Labute approximate surface area is 173 Å². The van der Waals surface area contributed by atoms with E-state index in [1.165, 1.54) is 24.3 Å². The molecule has 0 saturated carbocycles. The predicted octanol–water partition coefficient (Wildman–Crippen LogP) is 2.69. The second-order valence-electron chi connectivity index (χ2n) is 6.54. The Kier molecular flexibility index (Phi) is 6.01. The van der Waals surface area contributed by atoms with E-state index >= 15 is 0 Å². The molecule has 1 aliphatic heterocycles. The van der Waals surface area contributed by atoms with E-state index < -0.39 is 11.9 Å². The van der Waals surface area contributed by atoms with Crippen LogP contribution in [0.15, 0.2) is 36.4 Å². The van der Waals surface area contributed by atoms with Gasteiger partial charge >= 0.3 is 0 Å². The summed E-state index contributed by atoms with van der Waals surface area (Å²) in [5.74, 6) is -0.816. The molecule has 1 unspecified atom stereocenters. The number of halogens is 1. The molecule has 2 amide bonds. The van der Waals surface area contributed by atoms with E-state index in [1.54, 1.807) is 12.1 Å². The normalized spacial score (nSPS) is 13.0. The molecule has 0 bridgehead atoms. The number of anilines is 1. The molecule has 8 heteroatoms. The zero-order chi connectivity index (χ0) is 21.0. The van der Waals surface area contributed by atoms with Gasteiger partial charge in [-0.25, -0.2) is 0 Å². The Bertz CT molecular complexity index is 1040. The number of hydrogen-bond donors (Lipinski definition) is 2. The van der Waals surface area contributed by atoms with Crippen LogP contribution in [-0.2, 0) is 11.2 Å². The Morgan fingerprint density at radius 1 is 1.14 bits per heavy atom. The number of amides is 2. The number of benzene rings is 2. The minimum atomic E-state index is -0.499. The fourth-order valence-corrected chi connectivity index (χ4v) is 3.69. The summed E-state index contributed by atoms with van der Waals surface area (Å²) in [5, 5.41) is 18.4. The average molecular weight is 408 g/mol. The summed E-state index contributed by atoms with van der Waals surface area (Å²) in [6.45, 7) is 2.48. The topological polar surface area (TPSA) is 109 Å². The first-order valence-electron chi connectivity index (χ1n) is 9.08. The van der Waals surface area contributed by atoms with Crippen molar-refractivity contribution in [2.75, 3.05) is 11.4 Å². The van der Waals surface area contributed by atoms with Gasteiger partial charge in [0, 0.05) is 17.8 Å². The second kappa shape index (κ2) is 8.64. The Morgan fingerprint density at radius 2 is 1.86 bits per heavy atom. The Balaban J connectivity index is 1.69. The highest BCUT2D eigenvalue weighted by Crippen LogP contribution is 2.37. The summed E-state index contributed by atoms with van der Waals surface area (Å²) in [6, 6.07) is 13.1. The van der Waals surface area contributed by atoms with Crippen LogP contribution in [-0.4, -0.2) is 24.4 Å². The maximum absolute atomic E-state index is 12.7. The maximum atomic E-state index is 12.7. The van der Waals surface area contributed by atoms with Crippen molar-refractivity contribution in [1.29, 1.82) is 10.5 Å². The highest BCUT2D eigenvalue weighted by molar-refractivity contribution is 6.33. The number of carbonyl (C=O) groups is 2. The largest absolute Gasteiger partial charge is 0.359 e. The highest BCUT2D eigenvalue weighted by atomic mass is 35.5. The Hall–Kier alpha value is -3.55. The highest BCUT2D eigenvalue weighted by Gasteiger charge is 2.31. The fourth-order valence-electron chi connectivity index (χ4n) is 3.40. The predicted molar refractivity (Wildman–Crippen MR) is 108 cm³/mol. The molecule has 2 aromatic carbocycles. The molecule has 2 aromatic rings. The number of nitrogens with zero attached hydrogens (tertiary/aromatic N) is 3. The van der Waals surface area contributed by atoms with Crippen molar-refractivity contribution in [2.45, 2.75) is 25.8 Å². The summed E-state index contributed by atoms with van der Waals surface area (Å²) >= 11 is 6.31. The number of rotatable bonds is 4. The first-order valence-corrected chi connectivity index (χ1v) is 9.46. The van der Waals surface area contributed by atoms with Crippen LogP contribution in [0.25, 0.3) is 0 Å². The second-order valence-corrected chi connectivity index (χ2v) is 6.91. The zero-order valence-corrected chi connectivity index (χ0v) is 16.5. The maximum Gasteiger partial charge on any atom is 0.269 e. The number of fused-ring (bicyclic) bond motifs is 1. The van der Waals surface area contributed by atoms with Crippen molar-refractivity contribution in [3.63, 3.8) is 0 Å². The van der Waals surface area contributed by atoms with E-state index in [1.807, 2.05) is 17.9 Å². The van der Waals surface area contributed by atoms with Crippen LogP contribution < -0.4 is 15.8 Å². The summed E-state index contributed by atoms with van der Waals surface area (Å²) < 4.78 is 0. The lowest BCUT2D eigenvalue weighted by atomic mass is 10.1. The van der Waals surface area contributed by atoms with Gasteiger partial charge in [0.05, 0.1) is 22.2 Å². The Morgan fingerprint density at radius 3 is 2.48 bits per heavy atom. The van der Waals surface area contributed by atoms with Gasteiger partial charge in [0.2, 0.25) is 0 Å². The molecule has 0 radical (unpaired) electrons. The molecular formula is C21H18ClN5O2. The first-order chi connectivity index (χ1) is 14.0. The van der Waals surface area contributed by atoms with Crippen molar-refractivity contribution in [1.82, 2.24) is 10.9 Å². The first kappa shape index (κ1) is 20.2. The van der Waals surface area contributed by atoms with Crippen molar-refractivity contribution >= 4 is 29.1 Å². The average Bonchev–Trinajstić information content (AvgIpc) is 3.17. The van der Waals surface area contributed by atoms with Gasteiger partial charge in [-0.05, 0) is 54.8 Å². The monoisotopic (exact) mass is 407 g/mol. The minimum absolute atomic E-state index is 0.333. The third-order valence-electron chi connectivity index (χ3n) is 4.89. The van der Waals surface area contributed by atoms with Gasteiger partial charge in [0.1, 0.15) is 12.1 Å². The quantitative estimate of drug-likeness (QED) is 0.757. The zero-order valence-electron chi connectivity index (χ0n) is 15.7. The van der Waals surface area contributed by atoms with E-state index in [9.17, 15) is 9.59 Å². The molecule has 0 aliphatic carbocycles. The number of hydrogen-bond acceptors (Lipinski definition) is 5. The van der Waals surface area contributed by atoms with Gasteiger partial charge in [-0.3, -0.25) is 20.4 Å². The van der Waals surface area contributed by atoms with Crippen molar-refractivity contribution in [3.05, 3.63) is 63.7 Å². The molecule has 29 heavy (non-hydrogen) atoms. The summed E-state index contributed by atoms with van der Waals surface area (Å²) in [5.41, 5.74) is 7.77.